The van der Waals surface area contributed by atoms with Gasteiger partial charge in [-0.1, -0.05) is 11.6 Å². The van der Waals surface area contributed by atoms with Crippen molar-refractivity contribution in [3.63, 3.8) is 0 Å². The van der Waals surface area contributed by atoms with Gasteiger partial charge in [-0.2, -0.15) is 0 Å². The molecule has 0 saturated carbocycles. The molecule has 1 aromatic rings. The lowest BCUT2D eigenvalue weighted by molar-refractivity contribution is -0.121. The molecule has 0 radical (unpaired) electrons. The van der Waals surface area contributed by atoms with Gasteiger partial charge in [0.15, 0.2) is 0 Å². The Hall–Kier alpha value is -0.580. The molecule has 1 saturated heterocycles. The van der Waals surface area contributed by atoms with Gasteiger partial charge in [0.2, 0.25) is 5.91 Å². The Kier molecular flexibility index (Phi) is 5.47. The van der Waals surface area contributed by atoms with E-state index < -0.39 is 0 Å². The third kappa shape index (κ3) is 4.59. The molecule has 2 rings (SSSR count). The Balaban J connectivity index is 1.57. The maximum atomic E-state index is 11.6. The van der Waals surface area contributed by atoms with Crippen LogP contribution in [-0.4, -0.2) is 25.5 Å². The second-order valence-corrected chi connectivity index (χ2v) is 6.50. The van der Waals surface area contributed by atoms with Crippen molar-refractivity contribution in [2.24, 2.45) is 5.92 Å². The van der Waals surface area contributed by atoms with Crippen molar-refractivity contribution in [2.75, 3.05) is 19.6 Å². The van der Waals surface area contributed by atoms with Gasteiger partial charge < -0.3 is 10.6 Å². The quantitative estimate of drug-likeness (QED) is 0.843. The van der Waals surface area contributed by atoms with E-state index in [9.17, 15) is 4.79 Å². The van der Waals surface area contributed by atoms with Crippen LogP contribution in [-0.2, 0) is 11.2 Å². The molecule has 0 aromatic carbocycles. The Bertz CT molecular complexity index is 388. The number of aryl methyl sites for hydroxylation is 1. The molecule has 2 N–H and O–H groups in total. The maximum absolute atomic E-state index is 11.6. The highest BCUT2D eigenvalue weighted by Gasteiger charge is 2.14. The van der Waals surface area contributed by atoms with Crippen molar-refractivity contribution in [3.8, 4) is 0 Å². The van der Waals surface area contributed by atoms with Crippen LogP contribution in [0.15, 0.2) is 12.1 Å². The predicted molar refractivity (Wildman–Crippen MR) is 76.3 cm³/mol. The summed E-state index contributed by atoms with van der Waals surface area (Å²) in [7, 11) is 0. The third-order valence-electron chi connectivity index (χ3n) is 3.26. The lowest BCUT2D eigenvalue weighted by Crippen LogP contribution is -2.26. The fraction of sp³-hybridized carbons (Fsp3) is 0.615. The molecule has 0 aliphatic carbocycles. The van der Waals surface area contributed by atoms with Crippen LogP contribution in [0.2, 0.25) is 4.34 Å². The molecule has 1 fully saturated rings. The first-order chi connectivity index (χ1) is 8.74. The van der Waals surface area contributed by atoms with E-state index in [1.807, 2.05) is 12.1 Å². The monoisotopic (exact) mass is 286 g/mol. The van der Waals surface area contributed by atoms with Crippen LogP contribution in [0.5, 0.6) is 0 Å². The Morgan fingerprint density at radius 3 is 3.11 bits per heavy atom. The summed E-state index contributed by atoms with van der Waals surface area (Å²) in [5, 5.41) is 6.33. The van der Waals surface area contributed by atoms with Crippen LogP contribution in [0.4, 0.5) is 0 Å². The summed E-state index contributed by atoms with van der Waals surface area (Å²) in [4.78, 5) is 12.8. The molecule has 2 heterocycles. The molecule has 5 heteroatoms. The van der Waals surface area contributed by atoms with Gasteiger partial charge in [0.25, 0.3) is 0 Å². The van der Waals surface area contributed by atoms with Crippen LogP contribution < -0.4 is 10.6 Å². The third-order valence-corrected chi connectivity index (χ3v) is 4.56. The van der Waals surface area contributed by atoms with E-state index in [2.05, 4.69) is 10.6 Å². The Morgan fingerprint density at radius 2 is 2.44 bits per heavy atom. The van der Waals surface area contributed by atoms with Crippen molar-refractivity contribution in [3.05, 3.63) is 21.3 Å². The molecule has 0 spiro atoms. The molecule has 18 heavy (non-hydrogen) atoms. The van der Waals surface area contributed by atoms with E-state index in [-0.39, 0.29) is 5.91 Å². The Morgan fingerprint density at radius 1 is 1.56 bits per heavy atom. The molecular formula is C13H19ClN2OS. The molecule has 1 aromatic heterocycles. The summed E-state index contributed by atoms with van der Waals surface area (Å²) < 4.78 is 0.791. The van der Waals surface area contributed by atoms with Crippen molar-refractivity contribution >= 4 is 28.8 Å². The first-order valence-corrected chi connectivity index (χ1v) is 7.65. The number of thiophene rings is 1. The fourth-order valence-corrected chi connectivity index (χ4v) is 3.27. The number of halogens is 1. The highest BCUT2D eigenvalue weighted by molar-refractivity contribution is 7.16. The number of hydrogen-bond acceptors (Lipinski definition) is 3. The van der Waals surface area contributed by atoms with Gasteiger partial charge in [-0.25, -0.2) is 0 Å². The zero-order valence-corrected chi connectivity index (χ0v) is 11.9. The average Bonchev–Trinajstić information content (AvgIpc) is 2.98. The largest absolute Gasteiger partial charge is 0.356 e. The van der Waals surface area contributed by atoms with Gasteiger partial charge in [0.05, 0.1) is 4.34 Å². The molecule has 1 amide bonds. The van der Waals surface area contributed by atoms with Crippen LogP contribution in [0.3, 0.4) is 0 Å². The summed E-state index contributed by atoms with van der Waals surface area (Å²) in [6.45, 7) is 3.03. The van der Waals surface area contributed by atoms with E-state index in [1.54, 1.807) is 11.3 Å². The maximum Gasteiger partial charge on any atom is 0.220 e. The van der Waals surface area contributed by atoms with Gasteiger partial charge in [-0.05, 0) is 50.4 Å². The fourth-order valence-electron chi connectivity index (χ4n) is 2.19. The SMILES string of the molecule is O=C(CCc1ccc(Cl)s1)NCCC1CCNC1. The van der Waals surface area contributed by atoms with E-state index in [0.29, 0.717) is 6.42 Å². The number of carbonyl (C=O) groups excluding carboxylic acids is 1. The van der Waals surface area contributed by atoms with Crippen LogP contribution in [0.1, 0.15) is 24.1 Å². The number of nitrogens with one attached hydrogen (secondary N) is 2. The van der Waals surface area contributed by atoms with Crippen LogP contribution in [0.25, 0.3) is 0 Å². The first kappa shape index (κ1) is 13.8. The second kappa shape index (κ2) is 7.12. The molecule has 0 bridgehead atoms. The van der Waals surface area contributed by atoms with Gasteiger partial charge in [-0.3, -0.25) is 4.79 Å². The van der Waals surface area contributed by atoms with Gasteiger partial charge >= 0.3 is 0 Å². The number of rotatable bonds is 6. The van der Waals surface area contributed by atoms with Gasteiger partial charge in [-0.15, -0.1) is 11.3 Å². The van der Waals surface area contributed by atoms with E-state index in [4.69, 9.17) is 11.6 Å². The Labute approximate surface area is 117 Å². The number of carbonyl (C=O) groups is 1. The minimum atomic E-state index is 0.144. The normalized spacial score (nSPS) is 19.1. The number of amides is 1. The topological polar surface area (TPSA) is 41.1 Å². The standard InChI is InChI=1S/C13H19ClN2OS/c14-12-3-1-11(18-12)2-4-13(17)16-8-6-10-5-7-15-9-10/h1,3,10,15H,2,4-9H2,(H,16,17). The van der Waals surface area contributed by atoms with Crippen molar-refractivity contribution < 1.29 is 4.79 Å². The summed E-state index contributed by atoms with van der Waals surface area (Å²) in [6, 6.07) is 3.87. The summed E-state index contributed by atoms with van der Waals surface area (Å²) in [5.41, 5.74) is 0. The zero-order chi connectivity index (χ0) is 12.8. The summed E-state index contributed by atoms with van der Waals surface area (Å²) in [5.74, 6) is 0.881. The summed E-state index contributed by atoms with van der Waals surface area (Å²) in [6.07, 6.45) is 3.67. The van der Waals surface area contributed by atoms with Crippen molar-refractivity contribution in [2.45, 2.75) is 25.7 Å². The van der Waals surface area contributed by atoms with Crippen LogP contribution in [0, 0.1) is 5.92 Å². The second-order valence-electron chi connectivity index (χ2n) is 4.70. The van der Waals surface area contributed by atoms with Gasteiger partial charge in [0.1, 0.15) is 0 Å². The highest BCUT2D eigenvalue weighted by Crippen LogP contribution is 2.22. The molecule has 3 nitrogen and oxygen atoms in total. The zero-order valence-electron chi connectivity index (χ0n) is 10.4. The van der Waals surface area contributed by atoms with Crippen molar-refractivity contribution in [1.82, 2.24) is 10.6 Å². The molecule has 1 aliphatic rings. The van der Waals surface area contributed by atoms with Crippen LogP contribution >= 0.6 is 22.9 Å². The number of hydrogen-bond donors (Lipinski definition) is 2. The lowest BCUT2D eigenvalue weighted by Gasteiger charge is -2.09. The van der Waals surface area contributed by atoms with E-state index in [1.165, 1.54) is 11.3 Å². The summed E-state index contributed by atoms with van der Waals surface area (Å²) >= 11 is 7.40. The molecule has 100 valence electrons. The minimum Gasteiger partial charge on any atom is -0.356 e. The molecule has 1 atom stereocenters. The smallest absolute Gasteiger partial charge is 0.220 e. The van der Waals surface area contributed by atoms with Gasteiger partial charge in [0, 0.05) is 17.8 Å². The molecular weight excluding hydrogens is 268 g/mol. The first-order valence-electron chi connectivity index (χ1n) is 6.45. The van der Waals surface area contributed by atoms with E-state index >= 15 is 0 Å². The average molecular weight is 287 g/mol. The highest BCUT2D eigenvalue weighted by atomic mass is 35.5. The minimum absolute atomic E-state index is 0.144. The lowest BCUT2D eigenvalue weighted by atomic mass is 10.1. The van der Waals surface area contributed by atoms with Crippen molar-refractivity contribution in [1.29, 1.82) is 0 Å². The van der Waals surface area contributed by atoms with E-state index in [0.717, 1.165) is 42.7 Å². The predicted octanol–water partition coefficient (Wildman–Crippen LogP) is 2.45. The molecule has 1 unspecified atom stereocenters. The molecule has 1 aliphatic heterocycles.